The van der Waals surface area contributed by atoms with E-state index in [-0.39, 0.29) is 5.91 Å². The second-order valence-electron chi connectivity index (χ2n) is 6.68. The molecule has 3 rings (SSSR count). The van der Waals surface area contributed by atoms with Crippen LogP contribution in [0.5, 0.6) is 5.75 Å². The molecule has 0 radical (unpaired) electrons. The van der Waals surface area contributed by atoms with Gasteiger partial charge >= 0.3 is 0 Å². The van der Waals surface area contributed by atoms with Gasteiger partial charge in [0.15, 0.2) is 0 Å². The van der Waals surface area contributed by atoms with Crippen LogP contribution in [0, 0.1) is 5.92 Å². The van der Waals surface area contributed by atoms with Gasteiger partial charge in [-0.3, -0.25) is 9.78 Å². The monoisotopic (exact) mass is 338 g/mol. The van der Waals surface area contributed by atoms with Gasteiger partial charge in [-0.2, -0.15) is 0 Å². The number of anilines is 1. The van der Waals surface area contributed by atoms with Crippen LogP contribution in [0.1, 0.15) is 54.9 Å². The first kappa shape index (κ1) is 17.5. The molecule has 4 heteroatoms. The summed E-state index contributed by atoms with van der Waals surface area (Å²) < 4.78 is 6.08. The molecule has 1 aromatic heterocycles. The Balaban J connectivity index is 1.65. The maximum Gasteiger partial charge on any atom is 0.255 e. The number of hydrogen-bond donors (Lipinski definition) is 1. The first-order valence-electron chi connectivity index (χ1n) is 9.23. The Morgan fingerprint density at radius 3 is 2.64 bits per heavy atom. The molecule has 1 saturated carbocycles. The standard InChI is InChI=1S/C21H26N2O2/c1-2-17-14-18(21(24)23-19-10-12-22-13-11-19)8-9-20(17)25-15-16-6-4-3-5-7-16/h8-14,16H,2-7,15H2,1H3,(H,22,23,24). The zero-order chi connectivity index (χ0) is 17.5. The summed E-state index contributed by atoms with van der Waals surface area (Å²) in [5.41, 5.74) is 2.48. The van der Waals surface area contributed by atoms with Crippen molar-refractivity contribution in [2.45, 2.75) is 45.4 Å². The Kier molecular flexibility index (Phi) is 6.04. The van der Waals surface area contributed by atoms with Gasteiger partial charge in [0.25, 0.3) is 5.91 Å². The summed E-state index contributed by atoms with van der Waals surface area (Å²) >= 11 is 0. The number of pyridine rings is 1. The Labute approximate surface area is 149 Å². The van der Waals surface area contributed by atoms with Crippen molar-refractivity contribution in [2.75, 3.05) is 11.9 Å². The molecule has 1 aromatic carbocycles. The number of nitrogens with one attached hydrogen (secondary N) is 1. The second kappa shape index (κ2) is 8.65. The third-order valence-electron chi connectivity index (χ3n) is 4.84. The Morgan fingerprint density at radius 1 is 1.16 bits per heavy atom. The summed E-state index contributed by atoms with van der Waals surface area (Å²) in [5, 5.41) is 2.89. The molecule has 0 aliphatic heterocycles. The van der Waals surface area contributed by atoms with E-state index in [1.165, 1.54) is 32.1 Å². The van der Waals surface area contributed by atoms with Crippen LogP contribution >= 0.6 is 0 Å². The zero-order valence-corrected chi connectivity index (χ0v) is 14.8. The molecular formula is C21H26N2O2. The quantitative estimate of drug-likeness (QED) is 0.818. The van der Waals surface area contributed by atoms with Crippen LogP contribution in [0.4, 0.5) is 5.69 Å². The van der Waals surface area contributed by atoms with Gasteiger partial charge < -0.3 is 10.1 Å². The summed E-state index contributed by atoms with van der Waals surface area (Å²) in [6, 6.07) is 9.27. The molecule has 1 aliphatic carbocycles. The number of carbonyl (C=O) groups is 1. The van der Waals surface area contributed by atoms with Gasteiger partial charge in [-0.05, 0) is 61.1 Å². The molecule has 4 nitrogen and oxygen atoms in total. The highest BCUT2D eigenvalue weighted by atomic mass is 16.5. The Bertz CT molecular complexity index is 694. The molecule has 0 atom stereocenters. The van der Waals surface area contributed by atoms with Crippen LogP contribution in [0.2, 0.25) is 0 Å². The average molecular weight is 338 g/mol. The highest BCUT2D eigenvalue weighted by molar-refractivity contribution is 6.04. The Hall–Kier alpha value is -2.36. The van der Waals surface area contributed by atoms with Gasteiger partial charge in [-0.1, -0.05) is 26.2 Å². The molecule has 1 amide bonds. The summed E-state index contributed by atoms with van der Waals surface area (Å²) in [6.07, 6.45) is 10.7. The SMILES string of the molecule is CCc1cc(C(=O)Nc2ccncc2)ccc1OCC1CCCCC1. The number of carbonyl (C=O) groups excluding carboxylic acids is 1. The number of nitrogens with zero attached hydrogens (tertiary/aromatic N) is 1. The lowest BCUT2D eigenvalue weighted by atomic mass is 9.90. The molecule has 1 aliphatic rings. The topological polar surface area (TPSA) is 51.2 Å². The lowest BCUT2D eigenvalue weighted by Gasteiger charge is -2.22. The highest BCUT2D eigenvalue weighted by Crippen LogP contribution is 2.27. The van der Waals surface area contributed by atoms with Crippen molar-refractivity contribution in [3.8, 4) is 5.75 Å². The molecule has 1 fully saturated rings. The summed E-state index contributed by atoms with van der Waals surface area (Å²) in [7, 11) is 0. The molecule has 132 valence electrons. The van der Waals surface area contributed by atoms with Gasteiger partial charge in [0.2, 0.25) is 0 Å². The molecule has 1 heterocycles. The van der Waals surface area contributed by atoms with E-state index < -0.39 is 0 Å². The minimum absolute atomic E-state index is 0.111. The average Bonchev–Trinajstić information content (AvgIpc) is 2.67. The maximum atomic E-state index is 12.4. The minimum atomic E-state index is -0.111. The van der Waals surface area contributed by atoms with Crippen LogP contribution in [0.3, 0.4) is 0 Å². The summed E-state index contributed by atoms with van der Waals surface area (Å²) in [5.74, 6) is 1.47. The number of benzene rings is 1. The summed E-state index contributed by atoms with van der Waals surface area (Å²) in [4.78, 5) is 16.4. The van der Waals surface area contributed by atoms with E-state index in [4.69, 9.17) is 4.74 Å². The Morgan fingerprint density at radius 2 is 1.92 bits per heavy atom. The number of rotatable bonds is 6. The predicted octanol–water partition coefficient (Wildman–Crippen LogP) is 4.86. The van der Waals surface area contributed by atoms with Crippen LogP contribution in [0.15, 0.2) is 42.7 Å². The van der Waals surface area contributed by atoms with Crippen LogP contribution in [0.25, 0.3) is 0 Å². The van der Waals surface area contributed by atoms with Crippen LogP contribution in [-0.2, 0) is 6.42 Å². The smallest absolute Gasteiger partial charge is 0.255 e. The molecule has 0 spiro atoms. The third kappa shape index (κ3) is 4.81. The van der Waals surface area contributed by atoms with E-state index in [0.717, 1.165) is 30.0 Å². The fraction of sp³-hybridized carbons (Fsp3) is 0.429. The van der Waals surface area contributed by atoms with Crippen molar-refractivity contribution in [1.29, 1.82) is 0 Å². The third-order valence-corrected chi connectivity index (χ3v) is 4.84. The number of amides is 1. The van der Waals surface area contributed by atoms with Gasteiger partial charge in [-0.15, -0.1) is 0 Å². The van der Waals surface area contributed by atoms with Crippen molar-refractivity contribution in [3.63, 3.8) is 0 Å². The van der Waals surface area contributed by atoms with Crippen molar-refractivity contribution in [3.05, 3.63) is 53.9 Å². The second-order valence-corrected chi connectivity index (χ2v) is 6.68. The first-order chi connectivity index (χ1) is 12.3. The van der Waals surface area contributed by atoms with Gasteiger partial charge in [0.1, 0.15) is 5.75 Å². The van der Waals surface area contributed by atoms with Crippen molar-refractivity contribution in [2.24, 2.45) is 5.92 Å². The normalized spacial score (nSPS) is 14.9. The molecule has 2 aromatic rings. The van der Waals surface area contributed by atoms with Gasteiger partial charge in [0, 0.05) is 23.6 Å². The summed E-state index contributed by atoms with van der Waals surface area (Å²) in [6.45, 7) is 2.88. The molecule has 0 unspecified atom stereocenters. The lowest BCUT2D eigenvalue weighted by Crippen LogP contribution is -2.16. The molecule has 0 bridgehead atoms. The van der Waals surface area contributed by atoms with E-state index in [2.05, 4.69) is 17.2 Å². The predicted molar refractivity (Wildman–Crippen MR) is 100 cm³/mol. The van der Waals surface area contributed by atoms with Crippen LogP contribution < -0.4 is 10.1 Å². The fourth-order valence-electron chi connectivity index (χ4n) is 3.34. The first-order valence-corrected chi connectivity index (χ1v) is 9.23. The number of hydrogen-bond acceptors (Lipinski definition) is 3. The van der Waals surface area contributed by atoms with Crippen molar-refractivity contribution in [1.82, 2.24) is 4.98 Å². The van der Waals surface area contributed by atoms with E-state index in [9.17, 15) is 4.79 Å². The van der Waals surface area contributed by atoms with E-state index in [1.54, 1.807) is 24.5 Å². The molecule has 25 heavy (non-hydrogen) atoms. The minimum Gasteiger partial charge on any atom is -0.493 e. The maximum absolute atomic E-state index is 12.4. The molecule has 0 saturated heterocycles. The number of aromatic nitrogens is 1. The number of aryl methyl sites for hydroxylation is 1. The van der Waals surface area contributed by atoms with Gasteiger partial charge in [0.05, 0.1) is 6.61 Å². The molecular weight excluding hydrogens is 312 g/mol. The van der Waals surface area contributed by atoms with E-state index in [0.29, 0.717) is 11.5 Å². The highest BCUT2D eigenvalue weighted by Gasteiger charge is 2.15. The van der Waals surface area contributed by atoms with Crippen molar-refractivity contribution >= 4 is 11.6 Å². The largest absolute Gasteiger partial charge is 0.493 e. The van der Waals surface area contributed by atoms with Crippen molar-refractivity contribution < 1.29 is 9.53 Å². The fourth-order valence-corrected chi connectivity index (χ4v) is 3.34. The van der Waals surface area contributed by atoms with E-state index in [1.807, 2.05) is 18.2 Å². The van der Waals surface area contributed by atoms with E-state index >= 15 is 0 Å². The zero-order valence-electron chi connectivity index (χ0n) is 14.8. The van der Waals surface area contributed by atoms with Crippen LogP contribution in [-0.4, -0.2) is 17.5 Å². The van der Waals surface area contributed by atoms with Gasteiger partial charge in [-0.25, -0.2) is 0 Å². The lowest BCUT2D eigenvalue weighted by molar-refractivity contribution is 0.102. The number of ether oxygens (including phenoxy) is 1. The molecule has 1 N–H and O–H groups in total.